The molecule has 0 radical (unpaired) electrons. The van der Waals surface area contributed by atoms with Gasteiger partial charge in [0.1, 0.15) is 6.61 Å². The fourth-order valence-electron chi connectivity index (χ4n) is 5.66. The second kappa shape index (κ2) is 37.8. The Labute approximate surface area is 285 Å². The van der Waals surface area contributed by atoms with E-state index in [1.807, 2.05) is 0 Å². The first-order valence-corrected chi connectivity index (χ1v) is 19.9. The molecule has 0 fully saturated rings. The minimum absolute atomic E-state index is 0.0681. The van der Waals surface area contributed by atoms with Crippen LogP contribution in [0.15, 0.2) is 24.3 Å². The smallest absolute Gasteiger partial charge is 0.306 e. The van der Waals surface area contributed by atoms with Crippen molar-refractivity contribution in [1.82, 2.24) is 0 Å². The summed E-state index contributed by atoms with van der Waals surface area (Å²) in [7, 11) is 0. The number of esters is 2. The normalized spacial score (nSPS) is 12.3. The van der Waals surface area contributed by atoms with Crippen LogP contribution in [0.4, 0.5) is 0 Å². The van der Waals surface area contributed by atoms with Crippen molar-refractivity contribution in [2.24, 2.45) is 0 Å². The fourth-order valence-corrected chi connectivity index (χ4v) is 5.66. The highest BCUT2D eigenvalue weighted by atomic mass is 16.6. The molecule has 0 aliphatic heterocycles. The number of carbonyl (C=O) groups excluding carboxylic acids is 2. The van der Waals surface area contributed by atoms with Crippen LogP contribution in [0.1, 0.15) is 206 Å². The van der Waals surface area contributed by atoms with Gasteiger partial charge in [0.2, 0.25) is 0 Å². The number of aliphatic hydroxyl groups excluding tert-OH is 1. The fraction of sp³-hybridized carbons (Fsp3) is 0.854. The van der Waals surface area contributed by atoms with E-state index in [9.17, 15) is 14.7 Å². The molecule has 0 heterocycles. The van der Waals surface area contributed by atoms with Crippen molar-refractivity contribution in [3.8, 4) is 0 Å². The topological polar surface area (TPSA) is 72.8 Å². The summed E-state index contributed by atoms with van der Waals surface area (Å²) in [5, 5.41) is 9.54. The van der Waals surface area contributed by atoms with Crippen molar-refractivity contribution in [2.75, 3.05) is 13.2 Å². The summed E-state index contributed by atoms with van der Waals surface area (Å²) < 4.78 is 10.6. The van der Waals surface area contributed by atoms with Gasteiger partial charge in [0.15, 0.2) is 6.10 Å². The van der Waals surface area contributed by atoms with Crippen molar-refractivity contribution in [2.45, 2.75) is 213 Å². The number of carbonyl (C=O) groups is 2. The molecule has 1 unspecified atom stereocenters. The van der Waals surface area contributed by atoms with E-state index in [1.165, 1.54) is 135 Å². The Balaban J connectivity index is 3.53. The lowest BCUT2D eigenvalue weighted by Crippen LogP contribution is -2.28. The Bertz CT molecular complexity index is 701. The van der Waals surface area contributed by atoms with E-state index in [0.717, 1.165) is 44.9 Å². The quantitative estimate of drug-likeness (QED) is 0.0416. The molecule has 0 aromatic carbocycles. The van der Waals surface area contributed by atoms with Gasteiger partial charge in [0.25, 0.3) is 0 Å². The van der Waals surface area contributed by atoms with Gasteiger partial charge in [-0.3, -0.25) is 9.59 Å². The maximum absolute atomic E-state index is 12.2. The van der Waals surface area contributed by atoms with Crippen LogP contribution in [0.2, 0.25) is 0 Å². The molecule has 0 saturated heterocycles. The van der Waals surface area contributed by atoms with E-state index in [0.29, 0.717) is 12.8 Å². The summed E-state index contributed by atoms with van der Waals surface area (Å²) in [5.74, 6) is -0.599. The largest absolute Gasteiger partial charge is 0.462 e. The van der Waals surface area contributed by atoms with E-state index in [1.54, 1.807) is 0 Å². The van der Waals surface area contributed by atoms with Crippen molar-refractivity contribution in [3.05, 3.63) is 24.3 Å². The predicted octanol–water partition coefficient (Wildman–Crippen LogP) is 12.3. The lowest BCUT2D eigenvalue weighted by molar-refractivity contribution is -0.161. The van der Waals surface area contributed by atoms with Gasteiger partial charge in [-0.25, -0.2) is 0 Å². The number of unbranched alkanes of at least 4 members (excludes halogenated alkanes) is 24. The molecule has 0 bridgehead atoms. The average Bonchev–Trinajstić information content (AvgIpc) is 3.06. The average molecular weight is 649 g/mol. The highest BCUT2D eigenvalue weighted by molar-refractivity contribution is 5.70. The number of allylic oxidation sites excluding steroid dienone is 4. The van der Waals surface area contributed by atoms with Crippen LogP contribution in [0.5, 0.6) is 0 Å². The molecule has 0 amide bonds. The van der Waals surface area contributed by atoms with Crippen LogP contribution >= 0.6 is 0 Å². The first-order valence-electron chi connectivity index (χ1n) is 19.9. The minimum atomic E-state index is -0.771. The zero-order valence-corrected chi connectivity index (χ0v) is 30.6. The van der Waals surface area contributed by atoms with Crippen molar-refractivity contribution in [1.29, 1.82) is 0 Å². The molecule has 5 heteroatoms. The van der Waals surface area contributed by atoms with Crippen LogP contribution in [0.3, 0.4) is 0 Å². The summed E-state index contributed by atoms with van der Waals surface area (Å²) in [5.41, 5.74) is 0. The van der Waals surface area contributed by atoms with E-state index in [-0.39, 0.29) is 25.2 Å². The Morgan fingerprint density at radius 2 is 0.804 bits per heavy atom. The first kappa shape index (κ1) is 44.4. The number of aliphatic hydroxyl groups is 1. The van der Waals surface area contributed by atoms with Gasteiger partial charge >= 0.3 is 11.9 Å². The minimum Gasteiger partial charge on any atom is -0.462 e. The van der Waals surface area contributed by atoms with Crippen molar-refractivity contribution < 1.29 is 24.2 Å². The van der Waals surface area contributed by atoms with Gasteiger partial charge in [-0.15, -0.1) is 0 Å². The molecule has 0 aliphatic carbocycles. The maximum Gasteiger partial charge on any atom is 0.306 e. The summed E-state index contributed by atoms with van der Waals surface area (Å²) >= 11 is 0. The van der Waals surface area contributed by atoms with Crippen molar-refractivity contribution in [3.63, 3.8) is 0 Å². The molecule has 1 atom stereocenters. The zero-order valence-electron chi connectivity index (χ0n) is 30.6. The molecule has 5 nitrogen and oxygen atoms in total. The van der Waals surface area contributed by atoms with Crippen LogP contribution in [0.25, 0.3) is 0 Å². The van der Waals surface area contributed by atoms with E-state index in [2.05, 4.69) is 38.2 Å². The summed E-state index contributed by atoms with van der Waals surface area (Å²) in [6.45, 7) is 4.11. The van der Waals surface area contributed by atoms with Gasteiger partial charge in [-0.05, 0) is 64.2 Å². The summed E-state index contributed by atoms with van der Waals surface area (Å²) in [4.78, 5) is 24.2. The van der Waals surface area contributed by atoms with Gasteiger partial charge < -0.3 is 14.6 Å². The third-order valence-corrected chi connectivity index (χ3v) is 8.72. The molecule has 0 aromatic heterocycles. The van der Waals surface area contributed by atoms with E-state index >= 15 is 0 Å². The molecule has 0 aliphatic rings. The predicted molar refractivity (Wildman–Crippen MR) is 196 cm³/mol. The van der Waals surface area contributed by atoms with Crippen LogP contribution in [-0.4, -0.2) is 36.4 Å². The van der Waals surface area contributed by atoms with Crippen LogP contribution in [-0.2, 0) is 19.1 Å². The number of hydrogen-bond acceptors (Lipinski definition) is 5. The standard InChI is InChI=1S/C41H76O5/c1-3-5-7-9-11-13-15-17-18-19-20-21-22-24-26-28-30-32-34-36-41(44)46-39(37-42)38-45-40(43)35-33-31-29-27-25-23-16-14-12-10-8-6-4-2/h14,16-18,39,42H,3-13,15,19-38H2,1-2H3. The second-order valence-electron chi connectivity index (χ2n) is 13.4. The molecule has 0 saturated carbocycles. The number of hydrogen-bond donors (Lipinski definition) is 1. The number of ether oxygens (including phenoxy) is 2. The Hall–Kier alpha value is -1.62. The van der Waals surface area contributed by atoms with Crippen LogP contribution < -0.4 is 0 Å². The molecule has 0 aromatic rings. The van der Waals surface area contributed by atoms with E-state index in [4.69, 9.17) is 9.47 Å². The second-order valence-corrected chi connectivity index (χ2v) is 13.4. The Morgan fingerprint density at radius 3 is 1.20 bits per heavy atom. The third-order valence-electron chi connectivity index (χ3n) is 8.72. The Morgan fingerprint density at radius 1 is 0.478 bits per heavy atom. The van der Waals surface area contributed by atoms with Gasteiger partial charge in [0.05, 0.1) is 6.61 Å². The number of rotatable bonds is 36. The zero-order chi connectivity index (χ0) is 33.6. The van der Waals surface area contributed by atoms with Crippen molar-refractivity contribution >= 4 is 11.9 Å². The highest BCUT2D eigenvalue weighted by Crippen LogP contribution is 2.14. The van der Waals surface area contributed by atoms with Gasteiger partial charge in [-0.1, -0.05) is 154 Å². The lowest BCUT2D eigenvalue weighted by atomic mass is 10.1. The highest BCUT2D eigenvalue weighted by Gasteiger charge is 2.16. The Kier molecular flexibility index (Phi) is 36.5. The summed E-state index contributed by atoms with van der Waals surface area (Å²) in [6, 6.07) is 0. The SMILES string of the molecule is CCCCCCC=CCCCCCCCC(=O)OCC(CO)OC(=O)CCCCCCCCCCCC=CCCCCCCCC. The molecule has 0 spiro atoms. The van der Waals surface area contributed by atoms with E-state index < -0.39 is 6.10 Å². The molecule has 46 heavy (non-hydrogen) atoms. The van der Waals surface area contributed by atoms with Crippen LogP contribution in [0, 0.1) is 0 Å². The third kappa shape index (κ3) is 35.2. The molecule has 270 valence electrons. The summed E-state index contributed by atoms with van der Waals surface area (Å²) in [6.07, 6.45) is 43.8. The first-order chi connectivity index (χ1) is 22.6. The molecular weight excluding hydrogens is 572 g/mol. The monoisotopic (exact) mass is 649 g/mol. The van der Waals surface area contributed by atoms with Gasteiger partial charge in [-0.2, -0.15) is 0 Å². The molecule has 1 N–H and O–H groups in total. The lowest BCUT2D eigenvalue weighted by Gasteiger charge is -2.15. The maximum atomic E-state index is 12.2. The molecule has 0 rings (SSSR count). The van der Waals surface area contributed by atoms with Gasteiger partial charge in [0, 0.05) is 12.8 Å². The molecular formula is C41H76O5.